The number of sulfonamides is 1. The van der Waals surface area contributed by atoms with E-state index in [1.807, 2.05) is 6.92 Å². The summed E-state index contributed by atoms with van der Waals surface area (Å²) in [6.07, 6.45) is 3.99. The maximum atomic E-state index is 12.1. The van der Waals surface area contributed by atoms with Crippen LogP contribution in [0.15, 0.2) is 0 Å². The van der Waals surface area contributed by atoms with Crippen LogP contribution in [0.25, 0.3) is 0 Å². The summed E-state index contributed by atoms with van der Waals surface area (Å²) < 4.78 is 27.1. The van der Waals surface area contributed by atoms with Gasteiger partial charge in [0.05, 0.1) is 5.75 Å². The molecule has 1 aliphatic heterocycles. The van der Waals surface area contributed by atoms with Crippen LogP contribution in [0.2, 0.25) is 0 Å². The molecule has 0 aromatic rings. The maximum Gasteiger partial charge on any atom is 0.212 e. The van der Waals surface area contributed by atoms with Crippen LogP contribution in [-0.2, 0) is 10.0 Å². The molecular weight excluding hydrogens is 248 g/mol. The number of nitrogens with one attached hydrogen (secondary N) is 2. The normalized spacial score (nSPS) is 20.2. The van der Waals surface area contributed by atoms with Gasteiger partial charge < -0.3 is 5.32 Å². The Hall–Kier alpha value is -0.130. The van der Waals surface area contributed by atoms with Crippen LogP contribution < -0.4 is 10.0 Å². The molecule has 0 aromatic carbocycles. The molecule has 18 heavy (non-hydrogen) atoms. The van der Waals surface area contributed by atoms with Gasteiger partial charge in [0.25, 0.3) is 0 Å². The van der Waals surface area contributed by atoms with Gasteiger partial charge in [-0.05, 0) is 44.7 Å². The fourth-order valence-corrected chi connectivity index (χ4v) is 4.59. The van der Waals surface area contributed by atoms with Gasteiger partial charge in [0, 0.05) is 6.04 Å². The van der Waals surface area contributed by atoms with E-state index in [9.17, 15) is 8.42 Å². The summed E-state index contributed by atoms with van der Waals surface area (Å²) in [6.45, 7) is 8.11. The monoisotopic (exact) mass is 276 g/mol. The van der Waals surface area contributed by atoms with Gasteiger partial charge in [-0.3, -0.25) is 0 Å². The van der Waals surface area contributed by atoms with E-state index in [2.05, 4.69) is 23.9 Å². The lowest BCUT2D eigenvalue weighted by Gasteiger charge is -2.26. The van der Waals surface area contributed by atoms with Crippen LogP contribution in [0.1, 0.15) is 46.5 Å². The zero-order valence-corrected chi connectivity index (χ0v) is 12.7. The van der Waals surface area contributed by atoms with Gasteiger partial charge in [-0.2, -0.15) is 0 Å². The van der Waals surface area contributed by atoms with Crippen LogP contribution >= 0.6 is 0 Å². The molecule has 0 aromatic heterocycles. The van der Waals surface area contributed by atoms with Crippen LogP contribution in [0.3, 0.4) is 0 Å². The van der Waals surface area contributed by atoms with E-state index in [1.165, 1.54) is 0 Å². The van der Waals surface area contributed by atoms with Crippen molar-refractivity contribution in [2.24, 2.45) is 11.8 Å². The maximum absolute atomic E-state index is 12.1. The molecule has 1 heterocycles. The van der Waals surface area contributed by atoms with Crippen molar-refractivity contribution >= 4 is 10.0 Å². The Labute approximate surface area is 112 Å². The molecule has 5 heteroatoms. The van der Waals surface area contributed by atoms with Gasteiger partial charge in [0.2, 0.25) is 10.0 Å². The predicted molar refractivity (Wildman–Crippen MR) is 76.1 cm³/mol. The third-order valence-electron chi connectivity index (χ3n) is 4.04. The van der Waals surface area contributed by atoms with E-state index in [0.29, 0.717) is 17.6 Å². The van der Waals surface area contributed by atoms with Crippen molar-refractivity contribution in [2.45, 2.75) is 52.5 Å². The topological polar surface area (TPSA) is 58.2 Å². The number of rotatable bonds is 7. The minimum Gasteiger partial charge on any atom is -0.317 e. The molecule has 1 unspecified atom stereocenters. The van der Waals surface area contributed by atoms with Crippen LogP contribution in [0, 0.1) is 11.8 Å². The van der Waals surface area contributed by atoms with Crippen LogP contribution in [0.5, 0.6) is 0 Å². The van der Waals surface area contributed by atoms with Crippen LogP contribution in [0.4, 0.5) is 0 Å². The van der Waals surface area contributed by atoms with E-state index in [4.69, 9.17) is 0 Å². The Kier molecular flexibility index (Phi) is 6.60. The molecule has 1 rings (SSSR count). The second-order valence-electron chi connectivity index (χ2n) is 5.46. The first-order valence-electron chi connectivity index (χ1n) is 7.19. The van der Waals surface area contributed by atoms with Crippen molar-refractivity contribution in [3.05, 3.63) is 0 Å². The first-order valence-corrected chi connectivity index (χ1v) is 8.84. The van der Waals surface area contributed by atoms with E-state index >= 15 is 0 Å². The fourth-order valence-electron chi connectivity index (χ4n) is 2.78. The Morgan fingerprint density at radius 1 is 1.22 bits per heavy atom. The molecule has 0 spiro atoms. The van der Waals surface area contributed by atoms with Crippen molar-refractivity contribution in [1.82, 2.24) is 10.0 Å². The minimum atomic E-state index is -3.12. The average molecular weight is 276 g/mol. The highest BCUT2D eigenvalue weighted by atomic mass is 32.2. The molecule has 1 fully saturated rings. The number of hydrogen-bond donors (Lipinski definition) is 2. The van der Waals surface area contributed by atoms with E-state index in [1.54, 1.807) is 0 Å². The number of piperidine rings is 1. The Morgan fingerprint density at radius 2 is 1.78 bits per heavy atom. The third kappa shape index (κ3) is 5.24. The highest BCUT2D eigenvalue weighted by molar-refractivity contribution is 7.89. The fraction of sp³-hybridized carbons (Fsp3) is 1.00. The van der Waals surface area contributed by atoms with Crippen molar-refractivity contribution < 1.29 is 8.42 Å². The smallest absolute Gasteiger partial charge is 0.212 e. The molecule has 0 radical (unpaired) electrons. The average Bonchev–Trinajstić information content (AvgIpc) is 2.30. The molecule has 1 atom stereocenters. The summed E-state index contributed by atoms with van der Waals surface area (Å²) in [4.78, 5) is 0. The van der Waals surface area contributed by atoms with E-state index in [0.717, 1.165) is 38.8 Å². The quantitative estimate of drug-likeness (QED) is 0.744. The summed E-state index contributed by atoms with van der Waals surface area (Å²) in [5, 5.41) is 3.26. The minimum absolute atomic E-state index is 0.0479. The van der Waals surface area contributed by atoms with Crippen molar-refractivity contribution in [3.63, 3.8) is 0 Å². The van der Waals surface area contributed by atoms with Gasteiger partial charge in [-0.15, -0.1) is 0 Å². The molecular formula is C13H28N2O2S. The molecule has 4 nitrogen and oxygen atoms in total. The number of hydrogen-bond acceptors (Lipinski definition) is 3. The second kappa shape index (κ2) is 7.46. The largest absolute Gasteiger partial charge is 0.317 e. The molecule has 0 saturated carbocycles. The van der Waals surface area contributed by atoms with Gasteiger partial charge in [-0.1, -0.05) is 26.7 Å². The summed E-state index contributed by atoms with van der Waals surface area (Å²) in [6, 6.07) is 0.0479. The van der Waals surface area contributed by atoms with Gasteiger partial charge in [0.15, 0.2) is 0 Å². The van der Waals surface area contributed by atoms with Crippen molar-refractivity contribution in [1.29, 1.82) is 0 Å². The molecule has 0 amide bonds. The second-order valence-corrected chi connectivity index (χ2v) is 7.26. The highest BCUT2D eigenvalue weighted by Crippen LogP contribution is 2.17. The summed E-state index contributed by atoms with van der Waals surface area (Å²) in [7, 11) is -3.12. The van der Waals surface area contributed by atoms with Gasteiger partial charge in [0.1, 0.15) is 0 Å². The molecule has 108 valence electrons. The molecule has 1 saturated heterocycles. The summed E-state index contributed by atoms with van der Waals surface area (Å²) >= 11 is 0. The summed E-state index contributed by atoms with van der Waals surface area (Å²) in [5.74, 6) is 1.05. The molecule has 2 N–H and O–H groups in total. The summed E-state index contributed by atoms with van der Waals surface area (Å²) in [5.41, 5.74) is 0. The van der Waals surface area contributed by atoms with E-state index in [-0.39, 0.29) is 6.04 Å². The highest BCUT2D eigenvalue weighted by Gasteiger charge is 2.24. The third-order valence-corrected chi connectivity index (χ3v) is 5.68. The SMILES string of the molecule is CCC(CC)C(C)NS(=O)(=O)CC1CCNCC1. The molecule has 1 aliphatic rings. The molecule has 0 aliphatic carbocycles. The zero-order valence-electron chi connectivity index (χ0n) is 11.9. The lowest BCUT2D eigenvalue weighted by Crippen LogP contribution is -2.41. The Morgan fingerprint density at radius 3 is 2.28 bits per heavy atom. The van der Waals surface area contributed by atoms with Crippen molar-refractivity contribution in [3.8, 4) is 0 Å². The first kappa shape index (κ1) is 15.9. The lowest BCUT2D eigenvalue weighted by molar-refractivity contribution is 0.379. The van der Waals surface area contributed by atoms with Gasteiger partial charge in [-0.25, -0.2) is 13.1 Å². The first-order chi connectivity index (χ1) is 8.48. The standard InChI is InChI=1S/C13H28N2O2S/c1-4-13(5-2)11(3)15-18(16,17)10-12-6-8-14-9-7-12/h11-15H,4-10H2,1-3H3. The van der Waals surface area contributed by atoms with E-state index < -0.39 is 10.0 Å². The van der Waals surface area contributed by atoms with Crippen LogP contribution in [-0.4, -0.2) is 33.3 Å². The van der Waals surface area contributed by atoms with Crippen molar-refractivity contribution in [2.75, 3.05) is 18.8 Å². The Bertz CT molecular complexity index is 320. The lowest BCUT2D eigenvalue weighted by atomic mass is 9.96. The predicted octanol–water partition coefficient (Wildman–Crippen LogP) is 1.73. The Balaban J connectivity index is 2.47. The molecule has 0 bridgehead atoms. The van der Waals surface area contributed by atoms with Gasteiger partial charge >= 0.3 is 0 Å². The zero-order chi connectivity index (χ0) is 13.6.